The summed E-state index contributed by atoms with van der Waals surface area (Å²) in [7, 11) is 1.81. The molecule has 0 aliphatic carbocycles. The summed E-state index contributed by atoms with van der Waals surface area (Å²) in [6.07, 6.45) is 3.46. The van der Waals surface area contributed by atoms with E-state index in [0.29, 0.717) is 25.3 Å². The molecule has 0 bridgehead atoms. The number of carbonyl (C=O) groups is 1. The normalized spacial score (nSPS) is 17.7. The van der Waals surface area contributed by atoms with Crippen LogP contribution < -0.4 is 0 Å². The van der Waals surface area contributed by atoms with Crippen molar-refractivity contribution in [2.75, 3.05) is 20.1 Å². The van der Waals surface area contributed by atoms with Crippen LogP contribution in [0.15, 0.2) is 54.7 Å². The molecule has 1 aliphatic heterocycles. The third-order valence-electron chi connectivity index (χ3n) is 5.29. The number of pyridine rings is 1. The molecule has 3 heterocycles. The van der Waals surface area contributed by atoms with Gasteiger partial charge in [0, 0.05) is 32.9 Å². The van der Waals surface area contributed by atoms with Crippen molar-refractivity contribution in [2.45, 2.75) is 32.0 Å². The number of imidazole rings is 1. The van der Waals surface area contributed by atoms with Crippen LogP contribution in [0.25, 0.3) is 5.65 Å². The Morgan fingerprint density at radius 3 is 2.79 bits per heavy atom. The number of rotatable bonds is 5. The fourth-order valence-corrected chi connectivity index (χ4v) is 3.87. The topological polar surface area (TPSA) is 61.1 Å². The highest BCUT2D eigenvalue weighted by Crippen LogP contribution is 2.20. The fourth-order valence-electron chi connectivity index (χ4n) is 3.87. The lowest BCUT2D eigenvalue weighted by Gasteiger charge is -2.30. The van der Waals surface area contributed by atoms with Gasteiger partial charge in [0.05, 0.1) is 11.8 Å². The SMILES string of the molecule is CN(Cc1ccccc1)C(=O)c1nc2ccccn2c1CN1CCC[C@@H](O)C1. The lowest BCUT2D eigenvalue weighted by molar-refractivity contribution is 0.0653. The van der Waals surface area contributed by atoms with Crippen LogP contribution in [0.2, 0.25) is 0 Å². The van der Waals surface area contributed by atoms with Gasteiger partial charge in [0.25, 0.3) is 5.91 Å². The number of aliphatic hydroxyl groups is 1. The molecule has 6 heteroatoms. The number of aromatic nitrogens is 2. The van der Waals surface area contributed by atoms with Crippen molar-refractivity contribution in [3.8, 4) is 0 Å². The lowest BCUT2D eigenvalue weighted by atomic mass is 10.1. The first kappa shape index (κ1) is 18.7. The number of nitrogens with zero attached hydrogens (tertiary/aromatic N) is 4. The summed E-state index contributed by atoms with van der Waals surface area (Å²) in [5, 5.41) is 10.0. The van der Waals surface area contributed by atoms with Gasteiger partial charge in [0.2, 0.25) is 0 Å². The number of carbonyl (C=O) groups excluding carboxylic acids is 1. The van der Waals surface area contributed by atoms with Crippen molar-refractivity contribution in [1.29, 1.82) is 0 Å². The summed E-state index contributed by atoms with van der Waals surface area (Å²) >= 11 is 0. The summed E-state index contributed by atoms with van der Waals surface area (Å²) in [5.41, 5.74) is 3.23. The second-order valence-electron chi connectivity index (χ2n) is 7.51. The Hall–Kier alpha value is -2.70. The minimum absolute atomic E-state index is 0.0832. The summed E-state index contributed by atoms with van der Waals surface area (Å²) in [4.78, 5) is 21.8. The highest BCUT2D eigenvalue weighted by atomic mass is 16.3. The molecule has 6 nitrogen and oxygen atoms in total. The molecule has 0 saturated carbocycles. The Balaban J connectivity index is 1.62. The van der Waals surface area contributed by atoms with E-state index in [9.17, 15) is 9.90 Å². The van der Waals surface area contributed by atoms with Crippen LogP contribution in [0.3, 0.4) is 0 Å². The van der Waals surface area contributed by atoms with Gasteiger partial charge in [-0.15, -0.1) is 0 Å². The van der Waals surface area contributed by atoms with E-state index in [-0.39, 0.29) is 12.0 Å². The molecule has 2 aromatic heterocycles. The number of benzene rings is 1. The van der Waals surface area contributed by atoms with Crippen LogP contribution in [-0.2, 0) is 13.1 Å². The van der Waals surface area contributed by atoms with Crippen LogP contribution in [0.4, 0.5) is 0 Å². The average molecular weight is 378 g/mol. The zero-order valence-electron chi connectivity index (χ0n) is 16.2. The quantitative estimate of drug-likeness (QED) is 0.741. The van der Waals surface area contributed by atoms with E-state index in [1.807, 2.05) is 66.2 Å². The summed E-state index contributed by atoms with van der Waals surface area (Å²) in [6, 6.07) is 15.8. The molecule has 1 amide bonds. The van der Waals surface area contributed by atoms with Crippen LogP contribution in [0.1, 0.15) is 34.6 Å². The highest BCUT2D eigenvalue weighted by molar-refractivity contribution is 5.94. The zero-order chi connectivity index (χ0) is 19.5. The predicted octanol–water partition coefficient (Wildman–Crippen LogP) is 2.56. The Morgan fingerprint density at radius 2 is 2.00 bits per heavy atom. The summed E-state index contributed by atoms with van der Waals surface area (Å²) in [6.45, 7) is 2.69. The number of amides is 1. The first-order valence-corrected chi connectivity index (χ1v) is 9.77. The van der Waals surface area contributed by atoms with Crippen LogP contribution in [0, 0.1) is 0 Å². The van der Waals surface area contributed by atoms with E-state index in [0.717, 1.165) is 36.3 Å². The molecular formula is C22H26N4O2. The second-order valence-corrected chi connectivity index (χ2v) is 7.51. The van der Waals surface area contributed by atoms with Crippen molar-refractivity contribution >= 4 is 11.6 Å². The number of hydrogen-bond acceptors (Lipinski definition) is 4. The van der Waals surface area contributed by atoms with Gasteiger partial charge in [-0.2, -0.15) is 0 Å². The summed E-state index contributed by atoms with van der Waals surface area (Å²) < 4.78 is 1.99. The van der Waals surface area contributed by atoms with E-state index in [1.165, 1.54) is 0 Å². The largest absolute Gasteiger partial charge is 0.392 e. The zero-order valence-corrected chi connectivity index (χ0v) is 16.2. The van der Waals surface area contributed by atoms with Gasteiger partial charge in [0.1, 0.15) is 5.65 Å². The monoisotopic (exact) mass is 378 g/mol. The third kappa shape index (κ3) is 3.93. The summed E-state index contributed by atoms with van der Waals surface area (Å²) in [5.74, 6) is -0.0832. The Bertz CT molecular complexity index is 954. The minimum Gasteiger partial charge on any atom is -0.392 e. The van der Waals surface area contributed by atoms with Gasteiger partial charge in [0.15, 0.2) is 5.69 Å². The number of aliphatic hydroxyl groups excluding tert-OH is 1. The lowest BCUT2D eigenvalue weighted by Crippen LogP contribution is -2.38. The highest BCUT2D eigenvalue weighted by Gasteiger charge is 2.25. The maximum atomic E-state index is 13.2. The number of β-amino-alcohol motifs (C(OH)–C–C–N with tert-alkyl or cyclic N) is 1. The molecule has 1 saturated heterocycles. The Kier molecular flexibility index (Phi) is 5.41. The van der Waals surface area contributed by atoms with E-state index in [1.54, 1.807) is 4.90 Å². The van der Waals surface area contributed by atoms with E-state index < -0.39 is 0 Å². The third-order valence-corrected chi connectivity index (χ3v) is 5.29. The molecule has 3 aromatic rings. The van der Waals surface area contributed by atoms with Crippen molar-refractivity contribution in [3.05, 3.63) is 71.7 Å². The standard InChI is InChI=1S/C22H26N4O2/c1-24(14-17-8-3-2-4-9-17)22(28)21-19(16-25-12-7-10-18(27)15-25)26-13-6-5-11-20(26)23-21/h2-6,8-9,11,13,18,27H,7,10,12,14-16H2,1H3/t18-/m1/s1. The number of likely N-dealkylation sites (tertiary alicyclic amines) is 1. The van der Waals surface area contributed by atoms with Crippen LogP contribution in [0.5, 0.6) is 0 Å². The average Bonchev–Trinajstić information content (AvgIpc) is 3.06. The van der Waals surface area contributed by atoms with Gasteiger partial charge in [-0.25, -0.2) is 4.98 Å². The molecule has 1 aromatic carbocycles. The van der Waals surface area contributed by atoms with Gasteiger partial charge >= 0.3 is 0 Å². The Labute approximate surface area is 165 Å². The second kappa shape index (κ2) is 8.12. The Morgan fingerprint density at radius 1 is 1.21 bits per heavy atom. The molecule has 0 unspecified atom stereocenters. The molecule has 4 rings (SSSR count). The molecule has 1 N–H and O–H groups in total. The van der Waals surface area contributed by atoms with Crippen LogP contribution >= 0.6 is 0 Å². The van der Waals surface area contributed by atoms with Crippen molar-refractivity contribution in [2.24, 2.45) is 0 Å². The maximum absolute atomic E-state index is 13.2. The van der Waals surface area contributed by atoms with E-state index in [4.69, 9.17) is 0 Å². The molecule has 28 heavy (non-hydrogen) atoms. The first-order valence-electron chi connectivity index (χ1n) is 9.77. The van der Waals surface area contributed by atoms with Gasteiger partial charge in [-0.3, -0.25) is 9.69 Å². The molecule has 146 valence electrons. The molecule has 0 spiro atoms. The van der Waals surface area contributed by atoms with Gasteiger partial charge in [-0.05, 0) is 37.1 Å². The fraction of sp³-hybridized carbons (Fsp3) is 0.364. The maximum Gasteiger partial charge on any atom is 0.274 e. The number of fused-ring (bicyclic) bond motifs is 1. The van der Waals surface area contributed by atoms with Gasteiger partial charge in [-0.1, -0.05) is 36.4 Å². The van der Waals surface area contributed by atoms with Crippen molar-refractivity contribution in [3.63, 3.8) is 0 Å². The van der Waals surface area contributed by atoms with Gasteiger partial charge < -0.3 is 14.4 Å². The number of piperidine rings is 1. The molecule has 1 aliphatic rings. The first-order chi connectivity index (χ1) is 13.6. The molecule has 0 radical (unpaired) electrons. The molecular weight excluding hydrogens is 352 g/mol. The van der Waals surface area contributed by atoms with E-state index in [2.05, 4.69) is 9.88 Å². The minimum atomic E-state index is -0.298. The smallest absolute Gasteiger partial charge is 0.274 e. The number of hydrogen-bond donors (Lipinski definition) is 1. The van der Waals surface area contributed by atoms with Crippen molar-refractivity contribution < 1.29 is 9.90 Å². The predicted molar refractivity (Wildman–Crippen MR) is 108 cm³/mol. The van der Waals surface area contributed by atoms with Crippen LogP contribution in [-0.4, -0.2) is 56.4 Å². The molecule has 1 atom stereocenters. The van der Waals surface area contributed by atoms with E-state index >= 15 is 0 Å². The molecule has 1 fully saturated rings. The van der Waals surface area contributed by atoms with Crippen molar-refractivity contribution in [1.82, 2.24) is 19.2 Å².